The number of aliphatic hydroxyl groups is 1. The molecule has 0 aliphatic carbocycles. The Hall–Kier alpha value is -1.39. The van der Waals surface area contributed by atoms with Gasteiger partial charge in [-0.1, -0.05) is 37.8 Å². The average molecular weight is 310 g/mol. The number of rotatable bonds is 7. The Bertz CT molecular complexity index is 582. The van der Waals surface area contributed by atoms with Crippen LogP contribution >= 0.6 is 0 Å². The number of nitrogens with zero attached hydrogens (tertiary/aromatic N) is 1. The van der Waals surface area contributed by atoms with Crippen molar-refractivity contribution in [2.45, 2.75) is 26.8 Å². The van der Waals surface area contributed by atoms with Gasteiger partial charge in [0.15, 0.2) is 0 Å². The van der Waals surface area contributed by atoms with E-state index in [1.165, 1.54) is 4.31 Å². The van der Waals surface area contributed by atoms with Gasteiger partial charge in [0.25, 0.3) is 10.2 Å². The lowest BCUT2D eigenvalue weighted by atomic mass is 10.1. The molecule has 1 aromatic rings. The van der Waals surface area contributed by atoms with E-state index in [1.54, 1.807) is 0 Å². The molecule has 0 heterocycles. The summed E-state index contributed by atoms with van der Waals surface area (Å²) in [5.74, 6) is 5.76. The summed E-state index contributed by atoms with van der Waals surface area (Å²) in [5.41, 5.74) is 1.72. The molecule has 0 radical (unpaired) electrons. The molecule has 0 aromatic heterocycles. The third kappa shape index (κ3) is 5.86. The summed E-state index contributed by atoms with van der Waals surface area (Å²) in [6.07, 6.45) is 0.450. The highest BCUT2D eigenvalue weighted by atomic mass is 32.2. The lowest BCUT2D eigenvalue weighted by Gasteiger charge is -2.18. The van der Waals surface area contributed by atoms with Gasteiger partial charge >= 0.3 is 0 Å². The van der Waals surface area contributed by atoms with Crippen LogP contribution in [0.1, 0.15) is 31.4 Å². The molecule has 116 valence electrons. The second kappa shape index (κ2) is 8.80. The lowest BCUT2D eigenvalue weighted by Crippen LogP contribution is -2.40. The number of hydrogen-bond donors (Lipinski definition) is 2. The molecule has 21 heavy (non-hydrogen) atoms. The van der Waals surface area contributed by atoms with Crippen molar-refractivity contribution >= 4 is 10.2 Å². The van der Waals surface area contributed by atoms with Crippen molar-refractivity contribution in [3.63, 3.8) is 0 Å². The van der Waals surface area contributed by atoms with Crippen LogP contribution in [0.2, 0.25) is 0 Å². The number of aliphatic hydroxyl groups excluding tert-OH is 1. The van der Waals surface area contributed by atoms with Crippen molar-refractivity contribution in [1.82, 2.24) is 9.03 Å². The first-order chi connectivity index (χ1) is 10.0. The topological polar surface area (TPSA) is 69.6 Å². The molecule has 6 heteroatoms. The molecule has 0 aliphatic rings. The Morgan fingerprint density at radius 1 is 1.19 bits per heavy atom. The molecule has 0 fully saturated rings. The molecule has 1 rings (SSSR count). The first-order valence-corrected chi connectivity index (χ1v) is 8.41. The largest absolute Gasteiger partial charge is 0.395 e. The second-order valence-corrected chi connectivity index (χ2v) is 6.14. The highest BCUT2D eigenvalue weighted by molar-refractivity contribution is 7.87. The maximum absolute atomic E-state index is 12.0. The van der Waals surface area contributed by atoms with Crippen molar-refractivity contribution in [3.8, 4) is 11.8 Å². The Morgan fingerprint density at radius 3 is 2.33 bits per heavy atom. The van der Waals surface area contributed by atoms with Crippen LogP contribution in [0.5, 0.6) is 0 Å². The maximum Gasteiger partial charge on any atom is 0.279 e. The Balaban J connectivity index is 2.63. The molecule has 0 spiro atoms. The predicted molar refractivity (Wildman–Crippen MR) is 83.7 cm³/mol. The maximum atomic E-state index is 12.0. The lowest BCUT2D eigenvalue weighted by molar-refractivity contribution is 0.305. The zero-order chi connectivity index (χ0) is 15.7. The Kier molecular flexibility index (Phi) is 7.40. The minimum absolute atomic E-state index is 0.0538. The second-order valence-electron chi connectivity index (χ2n) is 4.38. The van der Waals surface area contributed by atoms with E-state index in [0.717, 1.165) is 11.1 Å². The van der Waals surface area contributed by atoms with E-state index < -0.39 is 10.2 Å². The summed E-state index contributed by atoms with van der Waals surface area (Å²) in [4.78, 5) is 0. The van der Waals surface area contributed by atoms with Gasteiger partial charge in [-0.25, -0.2) is 0 Å². The van der Waals surface area contributed by atoms with E-state index in [-0.39, 0.29) is 13.2 Å². The number of nitrogens with one attached hydrogen (secondary N) is 1. The standard InChI is InChI=1S/C15H22N2O3S/c1-3-17(4-2)21(19,20)16-13-15-10-8-14(9-11-15)7-5-6-12-18/h8-11,16,18H,3-4,6,12-13H2,1-2H3. The summed E-state index contributed by atoms with van der Waals surface area (Å²) in [6.45, 7) is 4.82. The van der Waals surface area contributed by atoms with E-state index in [4.69, 9.17) is 5.11 Å². The zero-order valence-electron chi connectivity index (χ0n) is 12.5. The molecule has 5 nitrogen and oxygen atoms in total. The van der Waals surface area contributed by atoms with Gasteiger partial charge < -0.3 is 5.11 Å². The minimum atomic E-state index is -3.42. The predicted octanol–water partition coefficient (Wildman–Crippen LogP) is 1.10. The number of benzene rings is 1. The van der Waals surface area contributed by atoms with Gasteiger partial charge in [-0.15, -0.1) is 0 Å². The van der Waals surface area contributed by atoms with Crippen LogP contribution in [0.15, 0.2) is 24.3 Å². The highest BCUT2D eigenvalue weighted by Crippen LogP contribution is 2.05. The zero-order valence-corrected chi connectivity index (χ0v) is 13.3. The van der Waals surface area contributed by atoms with E-state index >= 15 is 0 Å². The molecule has 0 saturated carbocycles. The van der Waals surface area contributed by atoms with Crippen molar-refractivity contribution < 1.29 is 13.5 Å². The molecule has 1 aromatic carbocycles. The van der Waals surface area contributed by atoms with Crippen molar-refractivity contribution in [2.24, 2.45) is 0 Å². The van der Waals surface area contributed by atoms with Crippen molar-refractivity contribution in [2.75, 3.05) is 19.7 Å². The quantitative estimate of drug-likeness (QED) is 0.741. The molecular formula is C15H22N2O3S. The van der Waals surface area contributed by atoms with Gasteiger partial charge in [-0.2, -0.15) is 17.4 Å². The van der Waals surface area contributed by atoms with Crippen LogP contribution in [0, 0.1) is 11.8 Å². The highest BCUT2D eigenvalue weighted by Gasteiger charge is 2.17. The van der Waals surface area contributed by atoms with Crippen molar-refractivity contribution in [1.29, 1.82) is 0 Å². The molecule has 0 saturated heterocycles. The third-order valence-electron chi connectivity index (χ3n) is 2.93. The minimum Gasteiger partial charge on any atom is -0.395 e. The fraction of sp³-hybridized carbons (Fsp3) is 0.467. The normalized spacial score (nSPS) is 11.2. The Labute approximate surface area is 127 Å². The van der Waals surface area contributed by atoms with Crippen LogP contribution in [-0.2, 0) is 16.8 Å². The molecule has 0 bridgehead atoms. The van der Waals surface area contributed by atoms with Crippen LogP contribution in [-0.4, -0.2) is 37.5 Å². The van der Waals surface area contributed by atoms with E-state index in [0.29, 0.717) is 19.5 Å². The summed E-state index contributed by atoms with van der Waals surface area (Å²) in [5, 5.41) is 8.65. The van der Waals surface area contributed by atoms with Crippen LogP contribution < -0.4 is 4.72 Å². The average Bonchev–Trinajstić information content (AvgIpc) is 2.48. The third-order valence-corrected chi connectivity index (χ3v) is 4.63. The first kappa shape index (κ1) is 17.7. The van der Waals surface area contributed by atoms with Gasteiger partial charge in [-0.05, 0) is 17.7 Å². The SMILES string of the molecule is CCN(CC)S(=O)(=O)NCc1ccc(C#CCCO)cc1. The van der Waals surface area contributed by atoms with Crippen molar-refractivity contribution in [3.05, 3.63) is 35.4 Å². The summed E-state index contributed by atoms with van der Waals surface area (Å²) in [6, 6.07) is 7.36. The summed E-state index contributed by atoms with van der Waals surface area (Å²) in [7, 11) is -3.42. The molecular weight excluding hydrogens is 288 g/mol. The summed E-state index contributed by atoms with van der Waals surface area (Å²) < 4.78 is 27.9. The molecule has 0 atom stereocenters. The van der Waals surface area contributed by atoms with Gasteiger partial charge in [0, 0.05) is 31.6 Å². The van der Waals surface area contributed by atoms with Crippen LogP contribution in [0.4, 0.5) is 0 Å². The fourth-order valence-corrected chi connectivity index (χ4v) is 2.97. The van der Waals surface area contributed by atoms with Crippen LogP contribution in [0.25, 0.3) is 0 Å². The van der Waals surface area contributed by atoms with Gasteiger partial charge in [0.05, 0.1) is 6.61 Å². The molecule has 0 unspecified atom stereocenters. The number of hydrogen-bond acceptors (Lipinski definition) is 3. The monoisotopic (exact) mass is 310 g/mol. The van der Waals surface area contributed by atoms with Gasteiger partial charge in [-0.3, -0.25) is 0 Å². The van der Waals surface area contributed by atoms with E-state index in [2.05, 4.69) is 16.6 Å². The van der Waals surface area contributed by atoms with Gasteiger partial charge in [0.1, 0.15) is 0 Å². The fourth-order valence-electron chi connectivity index (χ4n) is 1.76. The molecule has 2 N–H and O–H groups in total. The summed E-state index contributed by atoms with van der Waals surface area (Å²) >= 11 is 0. The first-order valence-electron chi connectivity index (χ1n) is 6.96. The smallest absolute Gasteiger partial charge is 0.279 e. The van der Waals surface area contributed by atoms with Crippen LogP contribution in [0.3, 0.4) is 0 Å². The van der Waals surface area contributed by atoms with E-state index in [1.807, 2.05) is 38.1 Å². The van der Waals surface area contributed by atoms with Gasteiger partial charge in [0.2, 0.25) is 0 Å². The molecule has 0 amide bonds. The molecule has 0 aliphatic heterocycles. The van der Waals surface area contributed by atoms with E-state index in [9.17, 15) is 8.42 Å². The Morgan fingerprint density at radius 2 is 1.81 bits per heavy atom.